The summed E-state index contributed by atoms with van der Waals surface area (Å²) >= 11 is 6.05. The van der Waals surface area contributed by atoms with E-state index >= 15 is 0 Å². The molecule has 4 heteroatoms. The quantitative estimate of drug-likeness (QED) is 0.891. The maximum atomic E-state index is 9.69. The van der Waals surface area contributed by atoms with Gasteiger partial charge in [-0.25, -0.2) is 0 Å². The molecule has 0 unspecified atom stereocenters. The van der Waals surface area contributed by atoms with Crippen molar-refractivity contribution < 1.29 is 9.84 Å². The summed E-state index contributed by atoms with van der Waals surface area (Å²) in [5.74, 6) is 0.556. The van der Waals surface area contributed by atoms with Crippen LogP contribution in [0.15, 0.2) is 42.5 Å². The average Bonchev–Trinajstić information content (AvgIpc) is 2.40. The predicted molar refractivity (Wildman–Crippen MR) is 71.8 cm³/mol. The van der Waals surface area contributed by atoms with Gasteiger partial charge >= 0.3 is 0 Å². The van der Waals surface area contributed by atoms with Crippen LogP contribution in [-0.4, -0.2) is 5.11 Å². The van der Waals surface area contributed by atoms with Crippen molar-refractivity contribution in [3.8, 4) is 11.5 Å². The van der Waals surface area contributed by atoms with Gasteiger partial charge in [0, 0.05) is 18.2 Å². The second-order valence-electron chi connectivity index (χ2n) is 3.89. The van der Waals surface area contributed by atoms with Gasteiger partial charge in [0.1, 0.15) is 18.1 Å². The molecule has 0 saturated heterocycles. The van der Waals surface area contributed by atoms with Crippen molar-refractivity contribution in [1.29, 1.82) is 0 Å². The number of phenols is 1. The molecule has 94 valence electrons. The summed E-state index contributed by atoms with van der Waals surface area (Å²) in [6.07, 6.45) is 0. The molecule has 0 heterocycles. The van der Waals surface area contributed by atoms with E-state index < -0.39 is 0 Å². The van der Waals surface area contributed by atoms with Crippen molar-refractivity contribution >= 4 is 11.6 Å². The molecule has 0 fully saturated rings. The van der Waals surface area contributed by atoms with E-state index in [-0.39, 0.29) is 12.3 Å². The summed E-state index contributed by atoms with van der Waals surface area (Å²) in [5.41, 5.74) is 7.12. The van der Waals surface area contributed by atoms with Gasteiger partial charge in [0.2, 0.25) is 0 Å². The molecular formula is C14H14ClNO2. The number of rotatable bonds is 4. The molecule has 2 aromatic carbocycles. The van der Waals surface area contributed by atoms with Crippen LogP contribution in [0.25, 0.3) is 0 Å². The molecule has 2 aromatic rings. The molecule has 0 aliphatic heterocycles. The summed E-state index contributed by atoms with van der Waals surface area (Å²) in [5, 5.41) is 10.1. The van der Waals surface area contributed by atoms with E-state index in [0.29, 0.717) is 22.9 Å². The first-order valence-electron chi connectivity index (χ1n) is 5.59. The molecule has 2 rings (SSSR count). The Morgan fingerprint density at radius 3 is 2.56 bits per heavy atom. The number of ether oxygens (including phenoxy) is 1. The van der Waals surface area contributed by atoms with Crippen LogP contribution in [0.1, 0.15) is 11.1 Å². The maximum Gasteiger partial charge on any atom is 0.142 e. The largest absolute Gasteiger partial charge is 0.507 e. The lowest BCUT2D eigenvalue weighted by molar-refractivity contribution is 0.304. The van der Waals surface area contributed by atoms with Crippen LogP contribution in [0.3, 0.4) is 0 Å². The number of hydrogen-bond donors (Lipinski definition) is 2. The Kier molecular flexibility index (Phi) is 4.07. The lowest BCUT2D eigenvalue weighted by Gasteiger charge is -2.10. The van der Waals surface area contributed by atoms with E-state index in [1.807, 2.05) is 30.3 Å². The van der Waals surface area contributed by atoms with Gasteiger partial charge < -0.3 is 15.6 Å². The molecule has 18 heavy (non-hydrogen) atoms. The SMILES string of the molecule is NCc1cc(Cl)c(OCc2ccccc2)cc1O. The predicted octanol–water partition coefficient (Wildman–Crippen LogP) is 3.08. The van der Waals surface area contributed by atoms with Crippen molar-refractivity contribution in [3.05, 3.63) is 58.6 Å². The normalized spacial score (nSPS) is 10.3. The fourth-order valence-corrected chi connectivity index (χ4v) is 1.83. The highest BCUT2D eigenvalue weighted by atomic mass is 35.5. The van der Waals surface area contributed by atoms with Crippen molar-refractivity contribution in [1.82, 2.24) is 0 Å². The third-order valence-corrected chi connectivity index (χ3v) is 2.89. The van der Waals surface area contributed by atoms with Gasteiger partial charge in [0.15, 0.2) is 0 Å². The van der Waals surface area contributed by atoms with Crippen LogP contribution in [0, 0.1) is 0 Å². The third-order valence-electron chi connectivity index (χ3n) is 2.59. The fraction of sp³-hybridized carbons (Fsp3) is 0.143. The summed E-state index contributed by atoms with van der Waals surface area (Å²) in [6, 6.07) is 12.9. The second-order valence-corrected chi connectivity index (χ2v) is 4.30. The number of hydrogen-bond acceptors (Lipinski definition) is 3. The summed E-state index contributed by atoms with van der Waals surface area (Å²) in [6.45, 7) is 0.645. The smallest absolute Gasteiger partial charge is 0.142 e. The molecule has 0 aliphatic carbocycles. The Bertz CT molecular complexity index is 529. The number of halogens is 1. The van der Waals surface area contributed by atoms with E-state index in [0.717, 1.165) is 5.56 Å². The third kappa shape index (κ3) is 2.94. The Morgan fingerprint density at radius 1 is 1.17 bits per heavy atom. The van der Waals surface area contributed by atoms with E-state index in [1.165, 1.54) is 6.07 Å². The van der Waals surface area contributed by atoms with Gasteiger partial charge in [0.05, 0.1) is 5.02 Å². The van der Waals surface area contributed by atoms with Gasteiger partial charge in [-0.3, -0.25) is 0 Å². The molecule has 3 nitrogen and oxygen atoms in total. The molecule has 0 atom stereocenters. The van der Waals surface area contributed by atoms with E-state index in [9.17, 15) is 5.11 Å². The maximum absolute atomic E-state index is 9.69. The lowest BCUT2D eigenvalue weighted by Crippen LogP contribution is -1.99. The first kappa shape index (κ1) is 12.7. The zero-order valence-corrected chi connectivity index (χ0v) is 10.5. The van der Waals surface area contributed by atoms with E-state index in [1.54, 1.807) is 6.07 Å². The highest BCUT2D eigenvalue weighted by Crippen LogP contribution is 2.32. The minimum Gasteiger partial charge on any atom is -0.507 e. The summed E-state index contributed by atoms with van der Waals surface area (Å²) in [7, 11) is 0. The standard InChI is InChI=1S/C14H14ClNO2/c15-12-6-11(8-16)13(17)7-14(12)18-9-10-4-2-1-3-5-10/h1-7,17H,8-9,16H2. The van der Waals surface area contributed by atoms with Crippen molar-refractivity contribution in [2.24, 2.45) is 5.73 Å². The first-order chi connectivity index (χ1) is 8.70. The van der Waals surface area contributed by atoms with Crippen molar-refractivity contribution in [2.45, 2.75) is 13.2 Å². The summed E-state index contributed by atoms with van der Waals surface area (Å²) in [4.78, 5) is 0. The molecule has 0 bridgehead atoms. The zero-order valence-electron chi connectivity index (χ0n) is 9.77. The Labute approximate surface area is 111 Å². The zero-order chi connectivity index (χ0) is 13.0. The molecule has 0 radical (unpaired) electrons. The van der Waals surface area contributed by atoms with Crippen LogP contribution < -0.4 is 10.5 Å². The van der Waals surface area contributed by atoms with Gasteiger partial charge in [-0.1, -0.05) is 41.9 Å². The second kappa shape index (κ2) is 5.76. The van der Waals surface area contributed by atoms with Gasteiger partial charge in [0.25, 0.3) is 0 Å². The number of phenolic OH excluding ortho intramolecular Hbond substituents is 1. The van der Waals surface area contributed by atoms with Crippen LogP contribution in [-0.2, 0) is 13.2 Å². The number of benzene rings is 2. The fourth-order valence-electron chi connectivity index (χ4n) is 1.59. The Morgan fingerprint density at radius 2 is 1.89 bits per heavy atom. The van der Waals surface area contributed by atoms with Crippen LogP contribution in [0.5, 0.6) is 11.5 Å². The van der Waals surface area contributed by atoms with Gasteiger partial charge in [-0.15, -0.1) is 0 Å². The molecule has 3 N–H and O–H groups in total. The molecule has 0 amide bonds. The van der Waals surface area contributed by atoms with Crippen LogP contribution in [0.4, 0.5) is 0 Å². The van der Waals surface area contributed by atoms with E-state index in [2.05, 4.69) is 0 Å². The van der Waals surface area contributed by atoms with Crippen molar-refractivity contribution in [2.75, 3.05) is 0 Å². The summed E-state index contributed by atoms with van der Waals surface area (Å²) < 4.78 is 5.57. The van der Waals surface area contributed by atoms with Crippen molar-refractivity contribution in [3.63, 3.8) is 0 Å². The lowest BCUT2D eigenvalue weighted by atomic mass is 10.2. The van der Waals surface area contributed by atoms with Gasteiger partial charge in [-0.05, 0) is 11.6 Å². The minimum absolute atomic E-state index is 0.102. The highest BCUT2D eigenvalue weighted by molar-refractivity contribution is 6.32. The Hall–Kier alpha value is -1.71. The molecule has 0 spiro atoms. The molecule has 0 aliphatic rings. The monoisotopic (exact) mass is 263 g/mol. The number of nitrogens with two attached hydrogens (primary N) is 1. The molecule has 0 aromatic heterocycles. The van der Waals surface area contributed by atoms with E-state index in [4.69, 9.17) is 22.1 Å². The first-order valence-corrected chi connectivity index (χ1v) is 5.96. The Balaban J connectivity index is 2.13. The van der Waals surface area contributed by atoms with Crippen LogP contribution >= 0.6 is 11.6 Å². The topological polar surface area (TPSA) is 55.5 Å². The van der Waals surface area contributed by atoms with Crippen LogP contribution in [0.2, 0.25) is 5.02 Å². The average molecular weight is 264 g/mol. The number of aromatic hydroxyl groups is 1. The minimum atomic E-state index is 0.102. The molecular weight excluding hydrogens is 250 g/mol. The van der Waals surface area contributed by atoms with Gasteiger partial charge in [-0.2, -0.15) is 0 Å². The molecule has 0 saturated carbocycles. The highest BCUT2D eigenvalue weighted by Gasteiger charge is 2.08.